The molecule has 0 spiro atoms. The highest BCUT2D eigenvalue weighted by Gasteiger charge is 2.19. The summed E-state index contributed by atoms with van der Waals surface area (Å²) in [4.78, 5) is 8.13. The van der Waals surface area contributed by atoms with Crippen LogP contribution in [0.2, 0.25) is 0 Å². The lowest BCUT2D eigenvalue weighted by Crippen LogP contribution is -2.20. The summed E-state index contributed by atoms with van der Waals surface area (Å²) in [5, 5.41) is 12.9. The molecule has 0 bridgehead atoms. The van der Waals surface area contributed by atoms with Gasteiger partial charge in [-0.25, -0.2) is 4.98 Å². The predicted octanol–water partition coefficient (Wildman–Crippen LogP) is -0.0389. The van der Waals surface area contributed by atoms with E-state index in [0.717, 1.165) is 5.16 Å². The van der Waals surface area contributed by atoms with Gasteiger partial charge in [-0.05, 0) is 0 Å². The van der Waals surface area contributed by atoms with Gasteiger partial charge in [-0.3, -0.25) is 4.98 Å². The molecule has 1 aliphatic heterocycles. The molecule has 3 heterocycles. The van der Waals surface area contributed by atoms with E-state index in [1.165, 1.54) is 11.8 Å². The number of hydrogen-bond acceptors (Lipinski definition) is 7. The summed E-state index contributed by atoms with van der Waals surface area (Å²) in [7, 11) is 0. The van der Waals surface area contributed by atoms with Gasteiger partial charge < -0.3 is 5.73 Å². The van der Waals surface area contributed by atoms with Gasteiger partial charge in [-0.2, -0.15) is 9.78 Å². The van der Waals surface area contributed by atoms with Crippen LogP contribution in [0.25, 0.3) is 11.5 Å². The molecule has 0 fully saturated rings. The maximum Gasteiger partial charge on any atom is 0.212 e. The average molecular weight is 233 g/mol. The van der Waals surface area contributed by atoms with E-state index < -0.39 is 0 Å². The lowest BCUT2D eigenvalue weighted by atomic mass is 10.4. The van der Waals surface area contributed by atoms with Crippen LogP contribution in [0.5, 0.6) is 0 Å². The van der Waals surface area contributed by atoms with Crippen LogP contribution >= 0.6 is 11.8 Å². The van der Waals surface area contributed by atoms with E-state index in [9.17, 15) is 0 Å². The number of hydrogen-bond donors (Lipinski definition) is 1. The second kappa shape index (κ2) is 3.56. The highest BCUT2D eigenvalue weighted by molar-refractivity contribution is 7.99. The molecule has 80 valence electrons. The van der Waals surface area contributed by atoms with Gasteiger partial charge in [0.15, 0.2) is 0 Å². The highest BCUT2D eigenvalue weighted by Crippen LogP contribution is 2.24. The van der Waals surface area contributed by atoms with Crippen LogP contribution in [0.4, 0.5) is 0 Å². The summed E-state index contributed by atoms with van der Waals surface area (Å²) in [5.41, 5.74) is 6.30. The molecule has 1 aliphatic rings. The smallest absolute Gasteiger partial charge is 0.212 e. The zero-order valence-electron chi connectivity index (χ0n) is 8.11. The zero-order valence-corrected chi connectivity index (χ0v) is 8.92. The van der Waals surface area contributed by atoms with Gasteiger partial charge in [0.25, 0.3) is 0 Å². The molecule has 0 unspecified atom stereocenters. The fourth-order valence-electron chi connectivity index (χ4n) is 1.32. The minimum absolute atomic E-state index is 0.544. The van der Waals surface area contributed by atoms with Crippen molar-refractivity contribution in [1.29, 1.82) is 0 Å². The van der Waals surface area contributed by atoms with E-state index >= 15 is 0 Å². The molecule has 0 saturated carbocycles. The Hall–Kier alpha value is -1.96. The van der Waals surface area contributed by atoms with Crippen LogP contribution in [0.3, 0.4) is 0 Å². The third kappa shape index (κ3) is 1.43. The molecule has 7 nitrogen and oxygen atoms in total. The molecular formula is C8H7N7S. The topological polar surface area (TPSA) is 94.9 Å². The van der Waals surface area contributed by atoms with Gasteiger partial charge in [-0.1, -0.05) is 11.8 Å². The van der Waals surface area contributed by atoms with Gasteiger partial charge in [0.1, 0.15) is 11.5 Å². The monoisotopic (exact) mass is 233 g/mol. The van der Waals surface area contributed by atoms with Crippen molar-refractivity contribution in [3.63, 3.8) is 0 Å². The van der Waals surface area contributed by atoms with Gasteiger partial charge in [0.05, 0.1) is 11.9 Å². The number of fused-ring (bicyclic) bond motifs is 1. The molecule has 0 radical (unpaired) electrons. The van der Waals surface area contributed by atoms with E-state index in [0.29, 0.717) is 23.1 Å². The molecule has 0 aliphatic carbocycles. The fourth-order valence-corrected chi connectivity index (χ4v) is 2.00. The second-order valence-corrected chi connectivity index (χ2v) is 4.03. The second-order valence-electron chi connectivity index (χ2n) is 3.09. The molecule has 2 aromatic rings. The predicted molar refractivity (Wildman–Crippen MR) is 58.8 cm³/mol. The molecule has 0 aromatic carbocycles. The van der Waals surface area contributed by atoms with Crippen molar-refractivity contribution in [2.45, 2.75) is 5.16 Å². The molecular weight excluding hydrogens is 226 g/mol. The van der Waals surface area contributed by atoms with Crippen LogP contribution in [-0.4, -0.2) is 36.4 Å². The number of rotatable bonds is 1. The van der Waals surface area contributed by atoms with Crippen molar-refractivity contribution in [2.24, 2.45) is 10.8 Å². The molecule has 16 heavy (non-hydrogen) atoms. The first kappa shape index (κ1) is 9.28. The SMILES string of the molecule is NC1=Nn2c(nnc2-c2cnccn2)SC1. The lowest BCUT2D eigenvalue weighted by molar-refractivity contribution is 0.758. The number of nitrogens with zero attached hydrogens (tertiary/aromatic N) is 6. The van der Waals surface area contributed by atoms with Gasteiger partial charge >= 0.3 is 0 Å². The zero-order chi connectivity index (χ0) is 11.0. The van der Waals surface area contributed by atoms with Gasteiger partial charge in [0, 0.05) is 12.4 Å². The molecule has 0 amide bonds. The van der Waals surface area contributed by atoms with E-state index in [2.05, 4.69) is 25.3 Å². The van der Waals surface area contributed by atoms with Crippen molar-refractivity contribution in [2.75, 3.05) is 5.75 Å². The Morgan fingerprint density at radius 2 is 2.25 bits per heavy atom. The Morgan fingerprint density at radius 1 is 1.31 bits per heavy atom. The summed E-state index contributed by atoms with van der Waals surface area (Å²) in [6.07, 6.45) is 4.81. The van der Waals surface area contributed by atoms with Crippen LogP contribution < -0.4 is 5.73 Å². The first-order valence-corrected chi connectivity index (χ1v) is 5.51. The number of thioether (sulfide) groups is 1. The molecule has 3 rings (SSSR count). The first-order chi connectivity index (χ1) is 7.84. The number of amidine groups is 1. The standard InChI is InChI=1S/C8H7N7S/c9-6-4-16-8-13-12-7(15(8)14-6)5-3-10-1-2-11-5/h1-3H,4H2,(H2,9,14). The number of nitrogens with two attached hydrogens (primary N) is 1. The maximum atomic E-state index is 5.67. The summed E-state index contributed by atoms with van der Waals surface area (Å²) in [6, 6.07) is 0. The van der Waals surface area contributed by atoms with Crippen molar-refractivity contribution in [3.8, 4) is 11.5 Å². The summed E-state index contributed by atoms with van der Waals surface area (Å²) in [5.74, 6) is 1.74. The third-order valence-corrected chi connectivity index (χ3v) is 2.93. The quantitative estimate of drug-likeness (QED) is 0.742. The van der Waals surface area contributed by atoms with E-state index in [1.54, 1.807) is 23.3 Å². The third-order valence-electron chi connectivity index (χ3n) is 1.98. The Morgan fingerprint density at radius 3 is 3.06 bits per heavy atom. The van der Waals surface area contributed by atoms with Crippen LogP contribution in [0.15, 0.2) is 28.8 Å². The Kier molecular flexibility index (Phi) is 2.07. The first-order valence-electron chi connectivity index (χ1n) is 4.52. The van der Waals surface area contributed by atoms with Gasteiger partial charge in [-0.15, -0.1) is 10.2 Å². The van der Waals surface area contributed by atoms with Crippen LogP contribution in [0, 0.1) is 0 Å². The number of aromatic nitrogens is 5. The molecule has 2 aromatic heterocycles. The molecule has 0 saturated heterocycles. The van der Waals surface area contributed by atoms with Crippen molar-refractivity contribution >= 4 is 17.6 Å². The van der Waals surface area contributed by atoms with Crippen molar-refractivity contribution < 1.29 is 0 Å². The van der Waals surface area contributed by atoms with Crippen LogP contribution in [-0.2, 0) is 0 Å². The summed E-state index contributed by atoms with van der Waals surface area (Å²) >= 11 is 1.50. The Labute approximate surface area is 94.8 Å². The van der Waals surface area contributed by atoms with Crippen LogP contribution in [0.1, 0.15) is 0 Å². The van der Waals surface area contributed by atoms with E-state index in [1.807, 2.05) is 0 Å². The van der Waals surface area contributed by atoms with Crippen molar-refractivity contribution in [3.05, 3.63) is 18.6 Å². The Balaban J connectivity index is 2.15. The summed E-state index contributed by atoms with van der Waals surface area (Å²) in [6.45, 7) is 0. The molecule has 2 N–H and O–H groups in total. The largest absolute Gasteiger partial charge is 0.385 e. The van der Waals surface area contributed by atoms with E-state index in [-0.39, 0.29) is 0 Å². The Bertz CT molecular complexity index is 547. The van der Waals surface area contributed by atoms with E-state index in [4.69, 9.17) is 5.73 Å². The highest BCUT2D eigenvalue weighted by atomic mass is 32.2. The lowest BCUT2D eigenvalue weighted by Gasteiger charge is -2.09. The average Bonchev–Trinajstić information content (AvgIpc) is 2.73. The van der Waals surface area contributed by atoms with Gasteiger partial charge in [0.2, 0.25) is 11.0 Å². The minimum atomic E-state index is 0.544. The summed E-state index contributed by atoms with van der Waals surface area (Å²) < 4.78 is 1.59. The normalized spacial score (nSPS) is 14.4. The molecule has 8 heteroatoms. The maximum absolute atomic E-state index is 5.67. The minimum Gasteiger partial charge on any atom is -0.385 e. The molecule has 0 atom stereocenters. The van der Waals surface area contributed by atoms with Crippen molar-refractivity contribution in [1.82, 2.24) is 24.8 Å². The fraction of sp³-hybridized carbons (Fsp3) is 0.125.